The van der Waals surface area contributed by atoms with E-state index in [1.165, 1.54) is 5.56 Å². The first kappa shape index (κ1) is 10.1. The van der Waals surface area contributed by atoms with Crippen LogP contribution in [0.4, 0.5) is 0 Å². The van der Waals surface area contributed by atoms with Crippen molar-refractivity contribution in [3.05, 3.63) is 29.8 Å². The second-order valence-electron chi connectivity index (χ2n) is 4.82. The molecule has 0 bridgehead atoms. The Morgan fingerprint density at radius 2 is 1.94 bits per heavy atom. The minimum atomic E-state index is -0.413. The molecule has 3 nitrogen and oxygen atoms in total. The normalized spacial score (nSPS) is 22.6. The monoisotopic (exact) mass is 220 g/mol. The van der Waals surface area contributed by atoms with Gasteiger partial charge in [-0.2, -0.15) is 0 Å². The molecule has 1 aromatic rings. The van der Waals surface area contributed by atoms with E-state index in [9.17, 15) is 5.11 Å². The van der Waals surface area contributed by atoms with Crippen LogP contribution in [0.3, 0.4) is 0 Å². The molecule has 16 heavy (non-hydrogen) atoms. The number of hydrogen-bond donors (Lipinski definition) is 1. The highest BCUT2D eigenvalue weighted by atomic mass is 16.6. The third-order valence-corrected chi connectivity index (χ3v) is 3.19. The highest BCUT2D eigenvalue weighted by Crippen LogP contribution is 2.38. The van der Waals surface area contributed by atoms with Crippen molar-refractivity contribution in [1.82, 2.24) is 0 Å². The van der Waals surface area contributed by atoms with Crippen molar-refractivity contribution in [2.75, 3.05) is 13.2 Å². The van der Waals surface area contributed by atoms with Crippen molar-refractivity contribution < 1.29 is 14.6 Å². The van der Waals surface area contributed by atoms with E-state index in [0.29, 0.717) is 13.2 Å². The van der Waals surface area contributed by atoms with Crippen LogP contribution in [0.15, 0.2) is 24.3 Å². The average Bonchev–Trinajstić information content (AvgIpc) is 2.92. The van der Waals surface area contributed by atoms with Gasteiger partial charge in [-0.1, -0.05) is 12.1 Å². The Balaban J connectivity index is 1.60. The molecule has 2 aliphatic rings. The summed E-state index contributed by atoms with van der Waals surface area (Å²) in [4.78, 5) is 0. The van der Waals surface area contributed by atoms with E-state index >= 15 is 0 Å². The fraction of sp³-hybridized carbons (Fsp3) is 0.538. The first-order valence-electron chi connectivity index (χ1n) is 5.79. The summed E-state index contributed by atoms with van der Waals surface area (Å²) < 4.78 is 10.7. The lowest BCUT2D eigenvalue weighted by Gasteiger charge is -2.26. The third kappa shape index (κ3) is 2.20. The number of aliphatic hydroxyl groups is 1. The highest BCUT2D eigenvalue weighted by Gasteiger charge is 2.39. The minimum absolute atomic E-state index is 0.221. The Labute approximate surface area is 95.0 Å². The van der Waals surface area contributed by atoms with E-state index in [4.69, 9.17) is 9.47 Å². The predicted molar refractivity (Wildman–Crippen MR) is 59.6 cm³/mol. The molecular formula is C13H16O3. The second-order valence-corrected chi connectivity index (χ2v) is 4.82. The van der Waals surface area contributed by atoms with Crippen molar-refractivity contribution in [2.45, 2.75) is 31.0 Å². The van der Waals surface area contributed by atoms with Crippen molar-refractivity contribution in [3.8, 4) is 5.75 Å². The Morgan fingerprint density at radius 3 is 2.44 bits per heavy atom. The van der Waals surface area contributed by atoms with Crippen LogP contribution in [0, 0.1) is 0 Å². The Hall–Kier alpha value is -1.06. The topological polar surface area (TPSA) is 38.7 Å². The predicted octanol–water partition coefficient (Wildman–Crippen LogP) is 1.53. The van der Waals surface area contributed by atoms with Crippen LogP contribution < -0.4 is 4.74 Å². The summed E-state index contributed by atoms with van der Waals surface area (Å²) in [5.74, 6) is 0.889. The zero-order valence-corrected chi connectivity index (χ0v) is 9.19. The summed E-state index contributed by atoms with van der Waals surface area (Å²) >= 11 is 0. The van der Waals surface area contributed by atoms with Gasteiger partial charge in [0.2, 0.25) is 0 Å². The van der Waals surface area contributed by atoms with Crippen LogP contribution in [0.2, 0.25) is 0 Å². The number of hydrogen-bond acceptors (Lipinski definition) is 3. The standard InChI is InChI=1S/C13H16O3/c14-13(5-6-13)7-10-1-3-11(4-2-10)16-12-8-15-9-12/h1-4,12,14H,5-9H2. The molecule has 3 heteroatoms. The quantitative estimate of drug-likeness (QED) is 0.836. The maximum Gasteiger partial charge on any atom is 0.145 e. The highest BCUT2D eigenvalue weighted by molar-refractivity contribution is 5.29. The van der Waals surface area contributed by atoms with Crippen LogP contribution >= 0.6 is 0 Å². The van der Waals surface area contributed by atoms with Gasteiger partial charge < -0.3 is 14.6 Å². The lowest BCUT2D eigenvalue weighted by molar-refractivity contribution is -0.0796. The van der Waals surface area contributed by atoms with Crippen molar-refractivity contribution in [3.63, 3.8) is 0 Å². The van der Waals surface area contributed by atoms with Gasteiger partial charge in [-0.25, -0.2) is 0 Å². The second kappa shape index (κ2) is 3.75. The van der Waals surface area contributed by atoms with E-state index in [1.807, 2.05) is 24.3 Å². The molecule has 1 N–H and O–H groups in total. The number of ether oxygens (including phenoxy) is 2. The molecule has 0 unspecified atom stereocenters. The van der Waals surface area contributed by atoms with E-state index < -0.39 is 5.60 Å². The first-order chi connectivity index (χ1) is 7.73. The summed E-state index contributed by atoms with van der Waals surface area (Å²) in [5.41, 5.74) is 0.765. The molecule has 0 aromatic heterocycles. The minimum Gasteiger partial charge on any atom is -0.486 e. The van der Waals surface area contributed by atoms with Crippen molar-refractivity contribution in [2.24, 2.45) is 0 Å². The number of rotatable bonds is 4. The molecule has 1 aliphatic heterocycles. The molecule has 1 saturated carbocycles. The summed E-state index contributed by atoms with van der Waals surface area (Å²) in [7, 11) is 0. The van der Waals surface area contributed by atoms with E-state index in [2.05, 4.69) is 0 Å². The van der Waals surface area contributed by atoms with Crippen LogP contribution in [-0.2, 0) is 11.2 Å². The van der Waals surface area contributed by atoms with Gasteiger partial charge in [0.15, 0.2) is 0 Å². The molecule has 1 saturated heterocycles. The smallest absolute Gasteiger partial charge is 0.145 e. The van der Waals surface area contributed by atoms with Crippen LogP contribution in [0.5, 0.6) is 5.75 Å². The molecule has 3 rings (SSSR count). The molecular weight excluding hydrogens is 204 g/mol. The van der Waals surface area contributed by atoms with Gasteiger partial charge in [-0.05, 0) is 30.5 Å². The van der Waals surface area contributed by atoms with Gasteiger partial charge in [-0.3, -0.25) is 0 Å². The van der Waals surface area contributed by atoms with Crippen molar-refractivity contribution >= 4 is 0 Å². The Morgan fingerprint density at radius 1 is 1.25 bits per heavy atom. The van der Waals surface area contributed by atoms with E-state index in [0.717, 1.165) is 25.0 Å². The van der Waals surface area contributed by atoms with Crippen LogP contribution in [-0.4, -0.2) is 30.0 Å². The van der Waals surface area contributed by atoms with Gasteiger partial charge >= 0.3 is 0 Å². The molecule has 1 aromatic carbocycles. The third-order valence-electron chi connectivity index (χ3n) is 3.19. The number of benzene rings is 1. The van der Waals surface area contributed by atoms with Gasteiger partial charge in [-0.15, -0.1) is 0 Å². The first-order valence-corrected chi connectivity index (χ1v) is 5.79. The van der Waals surface area contributed by atoms with E-state index in [-0.39, 0.29) is 6.10 Å². The van der Waals surface area contributed by atoms with Crippen LogP contribution in [0.25, 0.3) is 0 Å². The molecule has 2 fully saturated rings. The SMILES string of the molecule is OC1(Cc2ccc(OC3COC3)cc2)CC1. The van der Waals surface area contributed by atoms with Crippen molar-refractivity contribution in [1.29, 1.82) is 0 Å². The molecule has 1 aliphatic carbocycles. The summed E-state index contributed by atoms with van der Waals surface area (Å²) in [6, 6.07) is 8.01. The van der Waals surface area contributed by atoms with Gasteiger partial charge in [0.1, 0.15) is 11.9 Å². The largest absolute Gasteiger partial charge is 0.486 e. The lowest BCUT2D eigenvalue weighted by Crippen LogP contribution is -2.38. The summed E-state index contributed by atoms with van der Waals surface area (Å²) in [6.45, 7) is 1.39. The fourth-order valence-electron chi connectivity index (χ4n) is 1.86. The maximum absolute atomic E-state index is 9.80. The zero-order valence-electron chi connectivity index (χ0n) is 9.19. The fourth-order valence-corrected chi connectivity index (χ4v) is 1.86. The van der Waals surface area contributed by atoms with E-state index in [1.54, 1.807) is 0 Å². The summed E-state index contributed by atoms with van der Waals surface area (Å²) in [6.07, 6.45) is 2.85. The van der Waals surface area contributed by atoms with Gasteiger partial charge in [0.25, 0.3) is 0 Å². The Kier molecular flexibility index (Phi) is 2.37. The van der Waals surface area contributed by atoms with Gasteiger partial charge in [0, 0.05) is 6.42 Å². The molecule has 0 atom stereocenters. The molecule has 1 heterocycles. The maximum atomic E-state index is 9.80. The molecule has 86 valence electrons. The molecule has 0 amide bonds. The molecule has 0 radical (unpaired) electrons. The Bertz CT molecular complexity index is 363. The van der Waals surface area contributed by atoms with Gasteiger partial charge in [0.05, 0.1) is 18.8 Å². The van der Waals surface area contributed by atoms with Crippen LogP contribution in [0.1, 0.15) is 18.4 Å². The lowest BCUT2D eigenvalue weighted by atomic mass is 10.1. The summed E-state index contributed by atoms with van der Waals surface area (Å²) in [5, 5.41) is 9.80. The molecule has 0 spiro atoms. The zero-order chi connectivity index (χ0) is 11.0. The average molecular weight is 220 g/mol.